The second-order valence-electron chi connectivity index (χ2n) is 4.12. The molecule has 0 bridgehead atoms. The summed E-state index contributed by atoms with van der Waals surface area (Å²) in [4.78, 5) is 27.5. The largest absolute Gasteiger partial charge is 0.496 e. The minimum atomic E-state index is -0.395. The molecule has 0 aliphatic rings. The molecule has 8 nitrogen and oxygen atoms in total. The Morgan fingerprint density at radius 1 is 1.55 bits per heavy atom. The first-order valence-corrected chi connectivity index (χ1v) is 5.83. The van der Waals surface area contributed by atoms with Crippen molar-refractivity contribution < 1.29 is 14.1 Å². The summed E-state index contributed by atoms with van der Waals surface area (Å²) in [7, 11) is 2.95. The van der Waals surface area contributed by atoms with Crippen molar-refractivity contribution in [1.29, 1.82) is 0 Å². The summed E-state index contributed by atoms with van der Waals surface area (Å²) in [6.45, 7) is 1.79. The van der Waals surface area contributed by atoms with E-state index in [1.807, 2.05) is 0 Å². The van der Waals surface area contributed by atoms with Gasteiger partial charge in [0.2, 0.25) is 5.89 Å². The smallest absolute Gasteiger partial charge is 0.256 e. The molecule has 2 rings (SSSR count). The van der Waals surface area contributed by atoms with Crippen LogP contribution in [0.5, 0.6) is 5.75 Å². The summed E-state index contributed by atoms with van der Waals surface area (Å²) in [6.07, 6.45) is 1.41. The Balaban J connectivity index is 2.16. The zero-order valence-electron chi connectivity index (χ0n) is 11.3. The van der Waals surface area contributed by atoms with Gasteiger partial charge in [-0.25, -0.2) is 0 Å². The monoisotopic (exact) mass is 278 g/mol. The van der Waals surface area contributed by atoms with E-state index in [4.69, 9.17) is 9.26 Å². The number of aromatic nitrogens is 3. The number of nitrogens with zero attached hydrogens (tertiary/aromatic N) is 3. The van der Waals surface area contributed by atoms with Crippen LogP contribution in [0.25, 0.3) is 0 Å². The van der Waals surface area contributed by atoms with Crippen LogP contribution in [0.15, 0.2) is 21.6 Å². The fourth-order valence-corrected chi connectivity index (χ4v) is 1.61. The van der Waals surface area contributed by atoms with Crippen molar-refractivity contribution in [2.24, 2.45) is 7.05 Å². The highest BCUT2D eigenvalue weighted by atomic mass is 16.5. The van der Waals surface area contributed by atoms with E-state index in [9.17, 15) is 9.59 Å². The van der Waals surface area contributed by atoms with Crippen LogP contribution in [0.2, 0.25) is 0 Å². The van der Waals surface area contributed by atoms with Gasteiger partial charge in [-0.15, -0.1) is 0 Å². The highest BCUT2D eigenvalue weighted by Gasteiger charge is 2.15. The number of hydrogen-bond acceptors (Lipinski definition) is 6. The Labute approximate surface area is 114 Å². The average molecular weight is 278 g/mol. The lowest BCUT2D eigenvalue weighted by atomic mass is 10.2. The summed E-state index contributed by atoms with van der Waals surface area (Å²) in [5.41, 5.74) is -0.00300. The van der Waals surface area contributed by atoms with Crippen LogP contribution in [-0.4, -0.2) is 27.7 Å². The molecule has 2 aromatic rings. The Hall–Kier alpha value is -2.64. The number of rotatable bonds is 4. The van der Waals surface area contributed by atoms with Crippen molar-refractivity contribution in [2.45, 2.75) is 13.5 Å². The minimum Gasteiger partial charge on any atom is -0.496 e. The van der Waals surface area contributed by atoms with Gasteiger partial charge in [-0.2, -0.15) is 4.98 Å². The van der Waals surface area contributed by atoms with Crippen LogP contribution in [0.4, 0.5) is 0 Å². The Morgan fingerprint density at radius 3 is 2.90 bits per heavy atom. The van der Waals surface area contributed by atoms with Crippen LogP contribution < -0.4 is 15.6 Å². The molecule has 0 saturated heterocycles. The first-order chi connectivity index (χ1) is 9.51. The second kappa shape index (κ2) is 5.55. The predicted molar refractivity (Wildman–Crippen MR) is 68.4 cm³/mol. The summed E-state index contributed by atoms with van der Waals surface area (Å²) in [6, 6.07) is 1.26. The van der Waals surface area contributed by atoms with Crippen molar-refractivity contribution in [3.63, 3.8) is 0 Å². The highest BCUT2D eigenvalue weighted by Crippen LogP contribution is 2.14. The quantitative estimate of drug-likeness (QED) is 0.846. The fraction of sp³-hybridized carbons (Fsp3) is 0.333. The topological polar surface area (TPSA) is 99.2 Å². The van der Waals surface area contributed by atoms with Crippen LogP contribution in [0, 0.1) is 6.92 Å². The summed E-state index contributed by atoms with van der Waals surface area (Å²) >= 11 is 0. The standard InChI is InChI=1S/C12H14N4O4/c1-7-14-10(20-15-7)5-13-12(18)8-6-16(2)11(17)4-9(8)19-3/h4,6H,5H2,1-3H3,(H,13,18). The molecule has 1 N–H and O–H groups in total. The maximum atomic E-state index is 12.1. The lowest BCUT2D eigenvalue weighted by molar-refractivity contribution is 0.0942. The predicted octanol–water partition coefficient (Wildman–Crippen LogP) is 0.0153. The second-order valence-corrected chi connectivity index (χ2v) is 4.12. The molecule has 0 spiro atoms. The van der Waals surface area contributed by atoms with Crippen molar-refractivity contribution in [3.8, 4) is 5.75 Å². The Bertz CT molecular complexity index is 689. The molecule has 106 valence electrons. The van der Waals surface area contributed by atoms with Gasteiger partial charge in [0, 0.05) is 19.3 Å². The van der Waals surface area contributed by atoms with Gasteiger partial charge < -0.3 is 19.1 Å². The molecule has 8 heteroatoms. The molecule has 0 unspecified atom stereocenters. The normalized spacial score (nSPS) is 10.3. The van der Waals surface area contributed by atoms with Gasteiger partial charge in [0.15, 0.2) is 5.82 Å². The Morgan fingerprint density at radius 2 is 2.30 bits per heavy atom. The molecule has 20 heavy (non-hydrogen) atoms. The van der Waals surface area contributed by atoms with Gasteiger partial charge in [-0.05, 0) is 6.92 Å². The maximum absolute atomic E-state index is 12.1. The highest BCUT2D eigenvalue weighted by molar-refractivity contribution is 5.96. The molecular formula is C12H14N4O4. The van der Waals surface area contributed by atoms with Crippen molar-refractivity contribution >= 4 is 5.91 Å². The van der Waals surface area contributed by atoms with Crippen LogP contribution >= 0.6 is 0 Å². The van der Waals surface area contributed by atoms with Crippen LogP contribution in [-0.2, 0) is 13.6 Å². The van der Waals surface area contributed by atoms with Crippen molar-refractivity contribution in [1.82, 2.24) is 20.0 Å². The third-order valence-electron chi connectivity index (χ3n) is 2.62. The molecule has 0 saturated carbocycles. The van der Waals surface area contributed by atoms with Crippen LogP contribution in [0.1, 0.15) is 22.1 Å². The van der Waals surface area contributed by atoms with E-state index in [0.717, 1.165) is 0 Å². The minimum absolute atomic E-state index is 0.103. The van der Waals surface area contributed by atoms with E-state index >= 15 is 0 Å². The van der Waals surface area contributed by atoms with Gasteiger partial charge in [0.05, 0.1) is 19.2 Å². The third kappa shape index (κ3) is 2.85. The van der Waals surface area contributed by atoms with Crippen LogP contribution in [0.3, 0.4) is 0 Å². The fourth-order valence-electron chi connectivity index (χ4n) is 1.61. The molecule has 0 aliphatic carbocycles. The van der Waals surface area contributed by atoms with Crippen molar-refractivity contribution in [2.75, 3.05) is 7.11 Å². The summed E-state index contributed by atoms with van der Waals surface area (Å²) in [5.74, 6) is 0.620. The maximum Gasteiger partial charge on any atom is 0.256 e. The molecule has 2 aromatic heterocycles. The molecule has 2 heterocycles. The molecule has 0 fully saturated rings. The van der Waals surface area contributed by atoms with E-state index in [-0.39, 0.29) is 23.4 Å². The Kier molecular flexibility index (Phi) is 3.83. The van der Waals surface area contributed by atoms with E-state index in [2.05, 4.69) is 15.5 Å². The van der Waals surface area contributed by atoms with E-state index < -0.39 is 5.91 Å². The van der Waals surface area contributed by atoms with Crippen molar-refractivity contribution in [3.05, 3.63) is 39.9 Å². The third-order valence-corrected chi connectivity index (χ3v) is 2.62. The van der Waals surface area contributed by atoms with Gasteiger partial charge in [0.1, 0.15) is 5.75 Å². The molecular weight excluding hydrogens is 264 g/mol. The molecule has 0 atom stereocenters. The first-order valence-electron chi connectivity index (χ1n) is 5.83. The number of methoxy groups -OCH3 is 1. The average Bonchev–Trinajstić information content (AvgIpc) is 2.84. The first kappa shape index (κ1) is 13.8. The summed E-state index contributed by atoms with van der Waals surface area (Å²) < 4.78 is 11.2. The van der Waals surface area contributed by atoms with E-state index in [1.165, 1.54) is 23.9 Å². The van der Waals surface area contributed by atoms with Gasteiger partial charge in [-0.1, -0.05) is 5.16 Å². The SMILES string of the molecule is COc1cc(=O)n(C)cc1C(=O)NCc1nc(C)no1. The zero-order chi connectivity index (χ0) is 14.7. The lowest BCUT2D eigenvalue weighted by Crippen LogP contribution is -2.26. The van der Waals surface area contributed by atoms with E-state index in [1.54, 1.807) is 14.0 Å². The van der Waals surface area contributed by atoms with Gasteiger partial charge in [-0.3, -0.25) is 9.59 Å². The summed E-state index contributed by atoms with van der Waals surface area (Å²) in [5, 5.41) is 6.24. The zero-order valence-corrected chi connectivity index (χ0v) is 11.3. The number of aryl methyl sites for hydroxylation is 2. The molecule has 0 aliphatic heterocycles. The number of pyridine rings is 1. The lowest BCUT2D eigenvalue weighted by Gasteiger charge is -2.09. The van der Waals surface area contributed by atoms with E-state index in [0.29, 0.717) is 11.7 Å². The van der Waals surface area contributed by atoms with Gasteiger partial charge >= 0.3 is 0 Å². The number of carbonyl (C=O) groups excluding carboxylic acids is 1. The number of carbonyl (C=O) groups is 1. The number of nitrogens with one attached hydrogen (secondary N) is 1. The molecule has 0 aromatic carbocycles. The molecule has 0 radical (unpaired) electrons. The number of amides is 1. The number of ether oxygens (including phenoxy) is 1. The van der Waals surface area contributed by atoms with Gasteiger partial charge in [0.25, 0.3) is 11.5 Å². The number of hydrogen-bond donors (Lipinski definition) is 1. The molecule has 1 amide bonds.